The Balaban J connectivity index is 1.54. The predicted molar refractivity (Wildman–Crippen MR) is 105 cm³/mol. The largest absolute Gasteiger partial charge is 0.508 e. The van der Waals surface area contributed by atoms with Gasteiger partial charge in [-0.25, -0.2) is 10.3 Å². The van der Waals surface area contributed by atoms with Crippen LogP contribution in [0.3, 0.4) is 0 Å². The number of phenolic OH excluding ortho intramolecular Hbond substituents is 1. The van der Waals surface area contributed by atoms with Crippen molar-refractivity contribution in [2.75, 3.05) is 12.6 Å². The molecule has 0 saturated carbocycles. The molecule has 3 aromatic rings. The van der Waals surface area contributed by atoms with Crippen LogP contribution < -0.4 is 10.2 Å². The number of methoxy groups -OCH3 is 1. The third-order valence-corrected chi connectivity index (χ3v) is 3.83. The number of carbonyl (C=O) groups excluding carboxylic acids is 2. The SMILES string of the molecule is COc1ccc(C(=O)ONc2ccc(N=NC(=O)c3ccc(O)cc3)cc2)cc1. The van der Waals surface area contributed by atoms with Gasteiger partial charge in [-0.3, -0.25) is 4.79 Å². The smallest absolute Gasteiger partial charge is 0.362 e. The summed E-state index contributed by atoms with van der Waals surface area (Å²) in [4.78, 5) is 29.0. The standard InChI is InChI=1S/C21H17N3O5/c1-28-19-12-4-15(5-13-19)21(27)29-24-17-8-6-16(7-9-17)22-23-20(26)14-2-10-18(25)11-3-14/h2-13,24-25H,1H3. The number of anilines is 1. The van der Waals surface area contributed by atoms with E-state index >= 15 is 0 Å². The van der Waals surface area contributed by atoms with Crippen LogP contribution in [0.25, 0.3) is 0 Å². The van der Waals surface area contributed by atoms with Crippen molar-refractivity contribution in [2.24, 2.45) is 10.2 Å². The second-order valence-electron chi connectivity index (χ2n) is 5.82. The van der Waals surface area contributed by atoms with E-state index in [0.717, 1.165) is 0 Å². The lowest BCUT2D eigenvalue weighted by Crippen LogP contribution is -2.10. The van der Waals surface area contributed by atoms with Gasteiger partial charge in [0.1, 0.15) is 11.5 Å². The van der Waals surface area contributed by atoms with Gasteiger partial charge in [-0.1, -0.05) is 0 Å². The lowest BCUT2D eigenvalue weighted by Gasteiger charge is -2.07. The molecular weight excluding hydrogens is 374 g/mol. The molecule has 29 heavy (non-hydrogen) atoms. The molecule has 0 aromatic heterocycles. The minimum absolute atomic E-state index is 0.0641. The fourth-order valence-corrected chi connectivity index (χ4v) is 2.25. The topological polar surface area (TPSA) is 110 Å². The van der Waals surface area contributed by atoms with E-state index in [4.69, 9.17) is 9.57 Å². The molecule has 8 nitrogen and oxygen atoms in total. The van der Waals surface area contributed by atoms with Crippen molar-refractivity contribution in [3.8, 4) is 11.5 Å². The molecule has 0 aliphatic rings. The van der Waals surface area contributed by atoms with E-state index in [1.54, 1.807) is 55.6 Å². The average molecular weight is 391 g/mol. The van der Waals surface area contributed by atoms with E-state index < -0.39 is 11.9 Å². The number of hydrogen-bond donors (Lipinski definition) is 2. The van der Waals surface area contributed by atoms with Gasteiger partial charge >= 0.3 is 5.97 Å². The number of aromatic hydroxyl groups is 1. The molecule has 0 heterocycles. The van der Waals surface area contributed by atoms with Crippen molar-refractivity contribution < 1.29 is 24.3 Å². The van der Waals surface area contributed by atoms with Gasteiger partial charge in [0.15, 0.2) is 0 Å². The lowest BCUT2D eigenvalue weighted by molar-refractivity contribution is 0.0596. The van der Waals surface area contributed by atoms with Crippen LogP contribution in [-0.2, 0) is 4.84 Å². The molecule has 0 aliphatic heterocycles. The molecule has 0 fully saturated rings. The van der Waals surface area contributed by atoms with Gasteiger partial charge in [0.25, 0.3) is 5.91 Å². The van der Waals surface area contributed by atoms with Crippen LogP contribution in [0.1, 0.15) is 20.7 Å². The van der Waals surface area contributed by atoms with Crippen LogP contribution in [0.15, 0.2) is 83.0 Å². The first-order chi connectivity index (χ1) is 14.0. The number of nitrogens with zero attached hydrogens (tertiary/aromatic N) is 2. The van der Waals surface area contributed by atoms with E-state index in [2.05, 4.69) is 15.7 Å². The fraction of sp³-hybridized carbons (Fsp3) is 0.0476. The molecule has 3 rings (SSSR count). The number of azo groups is 1. The quantitative estimate of drug-likeness (QED) is 0.473. The molecule has 1 amide bonds. The van der Waals surface area contributed by atoms with E-state index in [1.807, 2.05) is 0 Å². The summed E-state index contributed by atoms with van der Waals surface area (Å²) in [6.45, 7) is 0. The van der Waals surface area contributed by atoms with Gasteiger partial charge in [-0.2, -0.15) is 0 Å². The number of hydrogen-bond acceptors (Lipinski definition) is 7. The van der Waals surface area contributed by atoms with Gasteiger partial charge < -0.3 is 14.7 Å². The molecule has 146 valence electrons. The summed E-state index contributed by atoms with van der Waals surface area (Å²) in [7, 11) is 1.54. The Morgan fingerprint density at radius 2 is 1.48 bits per heavy atom. The Labute approximate surface area is 166 Å². The number of phenols is 1. The van der Waals surface area contributed by atoms with Crippen LogP contribution in [0.2, 0.25) is 0 Å². The van der Waals surface area contributed by atoms with Crippen LogP contribution in [-0.4, -0.2) is 24.1 Å². The number of nitrogens with one attached hydrogen (secondary N) is 1. The van der Waals surface area contributed by atoms with Crippen molar-refractivity contribution in [1.82, 2.24) is 0 Å². The van der Waals surface area contributed by atoms with E-state index in [0.29, 0.717) is 28.3 Å². The lowest BCUT2D eigenvalue weighted by atomic mass is 10.2. The molecule has 3 aromatic carbocycles. The first-order valence-corrected chi connectivity index (χ1v) is 8.51. The van der Waals surface area contributed by atoms with Crippen molar-refractivity contribution in [2.45, 2.75) is 0 Å². The fourth-order valence-electron chi connectivity index (χ4n) is 2.25. The minimum atomic E-state index is -0.545. The van der Waals surface area contributed by atoms with Crippen molar-refractivity contribution >= 4 is 23.3 Å². The Morgan fingerprint density at radius 1 is 0.862 bits per heavy atom. The van der Waals surface area contributed by atoms with E-state index in [9.17, 15) is 14.7 Å². The van der Waals surface area contributed by atoms with Crippen LogP contribution >= 0.6 is 0 Å². The molecule has 0 radical (unpaired) electrons. The number of benzene rings is 3. The van der Waals surface area contributed by atoms with Crippen LogP contribution in [0.4, 0.5) is 11.4 Å². The maximum atomic E-state index is 12.0. The van der Waals surface area contributed by atoms with Gasteiger partial charge in [-0.15, -0.1) is 10.2 Å². The number of carbonyl (C=O) groups is 2. The summed E-state index contributed by atoms with van der Waals surface area (Å²) in [6.07, 6.45) is 0. The summed E-state index contributed by atoms with van der Waals surface area (Å²) >= 11 is 0. The van der Waals surface area contributed by atoms with Gasteiger partial charge in [0.05, 0.1) is 24.0 Å². The second kappa shape index (κ2) is 9.14. The predicted octanol–water partition coefficient (Wildman–Crippen LogP) is 4.51. The van der Waals surface area contributed by atoms with Crippen molar-refractivity contribution in [1.29, 1.82) is 0 Å². The number of rotatable bonds is 6. The Bertz CT molecular complexity index is 1010. The second-order valence-corrected chi connectivity index (χ2v) is 5.82. The van der Waals surface area contributed by atoms with Crippen LogP contribution in [0.5, 0.6) is 11.5 Å². The maximum Gasteiger partial charge on any atom is 0.362 e. The number of ether oxygens (including phenoxy) is 1. The third kappa shape index (κ3) is 5.39. The molecule has 0 bridgehead atoms. The Morgan fingerprint density at radius 3 is 2.10 bits per heavy atom. The molecule has 0 spiro atoms. The highest BCUT2D eigenvalue weighted by Crippen LogP contribution is 2.18. The summed E-state index contributed by atoms with van der Waals surface area (Å²) in [5.41, 5.74) is 4.21. The minimum Gasteiger partial charge on any atom is -0.508 e. The Hall–Kier alpha value is -4.20. The first-order valence-electron chi connectivity index (χ1n) is 8.51. The molecule has 0 aliphatic carbocycles. The Kier molecular flexibility index (Phi) is 6.16. The summed E-state index contributed by atoms with van der Waals surface area (Å²) in [5.74, 6) is -0.367. The van der Waals surface area contributed by atoms with Crippen molar-refractivity contribution in [3.63, 3.8) is 0 Å². The zero-order chi connectivity index (χ0) is 20.6. The van der Waals surface area contributed by atoms with E-state index in [1.165, 1.54) is 24.3 Å². The average Bonchev–Trinajstić information content (AvgIpc) is 2.77. The summed E-state index contributed by atoms with van der Waals surface area (Å²) < 4.78 is 5.04. The molecule has 0 atom stereocenters. The molecule has 8 heteroatoms. The molecule has 0 unspecified atom stereocenters. The highest BCUT2D eigenvalue weighted by Gasteiger charge is 2.08. The highest BCUT2D eigenvalue weighted by molar-refractivity contribution is 5.94. The van der Waals surface area contributed by atoms with E-state index in [-0.39, 0.29) is 5.75 Å². The molecular formula is C21H17N3O5. The third-order valence-electron chi connectivity index (χ3n) is 3.83. The zero-order valence-corrected chi connectivity index (χ0v) is 15.4. The van der Waals surface area contributed by atoms with Gasteiger partial charge in [0.2, 0.25) is 0 Å². The van der Waals surface area contributed by atoms with Gasteiger partial charge in [0, 0.05) is 5.56 Å². The first kappa shape index (κ1) is 19.6. The van der Waals surface area contributed by atoms with Gasteiger partial charge in [-0.05, 0) is 72.8 Å². The summed E-state index contributed by atoms with van der Waals surface area (Å²) in [6, 6.07) is 18.7. The highest BCUT2D eigenvalue weighted by atomic mass is 16.7. The number of amides is 1. The van der Waals surface area contributed by atoms with Crippen molar-refractivity contribution in [3.05, 3.63) is 83.9 Å². The molecule has 0 saturated heterocycles. The summed E-state index contributed by atoms with van der Waals surface area (Å²) in [5, 5.41) is 16.7. The zero-order valence-electron chi connectivity index (χ0n) is 15.4. The molecule has 2 N–H and O–H groups in total. The maximum absolute atomic E-state index is 12.0. The monoisotopic (exact) mass is 391 g/mol. The van der Waals surface area contributed by atoms with Crippen LogP contribution in [0, 0.1) is 0 Å². The normalized spacial score (nSPS) is 10.5.